The van der Waals surface area contributed by atoms with Crippen molar-refractivity contribution in [3.05, 3.63) is 330 Å². The number of fused-ring (bicyclic) bond motifs is 20. The molecule has 12 aromatic rings. The number of rotatable bonds is 6. The van der Waals surface area contributed by atoms with Crippen LogP contribution in [0.25, 0.3) is 77.9 Å². The Morgan fingerprint density at radius 1 is 0.200 bits per heavy atom. The summed E-state index contributed by atoms with van der Waals surface area (Å²) in [5, 5.41) is 0. The zero-order valence-electron chi connectivity index (χ0n) is 41.1. The van der Waals surface area contributed by atoms with E-state index in [1.165, 1.54) is 117 Å². The van der Waals surface area contributed by atoms with Gasteiger partial charge >= 0.3 is 0 Å². The molecule has 0 aliphatic heterocycles. The minimum absolute atomic E-state index is 0.508. The van der Waals surface area contributed by atoms with Crippen LogP contribution in [0.1, 0.15) is 44.5 Å². The first kappa shape index (κ1) is 42.0. The second kappa shape index (κ2) is 16.0. The fourth-order valence-corrected chi connectivity index (χ4v) is 14.2. The number of hydrogen-bond acceptors (Lipinski definition) is 1. The molecular formula is C74H47N. The fraction of sp³-hybridized carbons (Fsp3) is 0.0270. The van der Waals surface area contributed by atoms with E-state index in [2.05, 4.69) is 290 Å². The molecule has 1 nitrogen and oxygen atoms in total. The first-order valence-corrected chi connectivity index (χ1v) is 26.2. The van der Waals surface area contributed by atoms with Crippen LogP contribution < -0.4 is 4.90 Å². The maximum atomic E-state index is 2.58. The third-order valence-electron chi connectivity index (χ3n) is 17.1. The molecule has 0 fully saturated rings. The standard InChI is InChI=1S/C74H47N/c1-3-20-48(21-4-1)49-38-40-50(41-39-49)54-30-19-37-71(72(54)51-22-5-2-6-23-51)75(52-42-44-61-59-28-11-17-35-67(59)73(69(61)46-52)63-31-13-7-24-55(63)56-25-8-14-32-64(56)73)53-43-45-62-60-29-12-18-36-68(60)74(70(62)47-53)65-33-15-9-26-57(65)58-27-10-16-34-66(58)74/h1-47H. The van der Waals surface area contributed by atoms with E-state index in [4.69, 9.17) is 0 Å². The van der Waals surface area contributed by atoms with E-state index < -0.39 is 10.8 Å². The number of anilines is 3. The van der Waals surface area contributed by atoms with E-state index in [1.54, 1.807) is 0 Å². The zero-order valence-corrected chi connectivity index (χ0v) is 41.1. The van der Waals surface area contributed by atoms with Crippen LogP contribution >= 0.6 is 0 Å². The highest BCUT2D eigenvalue weighted by atomic mass is 15.1. The SMILES string of the molecule is c1ccc(-c2ccc(-c3cccc(N(c4ccc5c(c4)C4(c6ccccc6-c6ccccc64)c4ccccc4-5)c4ccc5c(c4)C4(c6ccccc6-c6ccccc64)c4ccccc4-5)c3-c3ccccc3)cc2)cc1. The molecule has 16 rings (SSSR count). The maximum Gasteiger partial charge on any atom is 0.0726 e. The second-order valence-corrected chi connectivity index (χ2v) is 20.6. The number of nitrogens with zero attached hydrogens (tertiary/aromatic N) is 1. The van der Waals surface area contributed by atoms with Gasteiger partial charge in [-0.3, -0.25) is 0 Å². The van der Waals surface area contributed by atoms with Crippen LogP contribution in [-0.2, 0) is 10.8 Å². The Kier molecular flexibility index (Phi) is 8.94. The van der Waals surface area contributed by atoms with E-state index in [1.807, 2.05) is 0 Å². The molecule has 1 heteroatoms. The van der Waals surface area contributed by atoms with Crippen molar-refractivity contribution in [2.24, 2.45) is 0 Å². The van der Waals surface area contributed by atoms with E-state index in [0.717, 1.165) is 22.6 Å². The third-order valence-corrected chi connectivity index (χ3v) is 17.1. The minimum atomic E-state index is -0.508. The van der Waals surface area contributed by atoms with Gasteiger partial charge in [0.25, 0.3) is 0 Å². The van der Waals surface area contributed by atoms with Gasteiger partial charge in [-0.15, -0.1) is 0 Å². The second-order valence-electron chi connectivity index (χ2n) is 20.6. The molecule has 0 amide bonds. The first-order valence-electron chi connectivity index (χ1n) is 26.2. The molecule has 0 bridgehead atoms. The monoisotopic (exact) mass is 949 g/mol. The van der Waals surface area contributed by atoms with Crippen LogP contribution in [0.5, 0.6) is 0 Å². The van der Waals surface area contributed by atoms with Gasteiger partial charge in [-0.1, -0.05) is 255 Å². The predicted molar refractivity (Wildman–Crippen MR) is 310 cm³/mol. The van der Waals surface area contributed by atoms with Crippen molar-refractivity contribution in [3.8, 4) is 77.9 Å². The lowest BCUT2D eigenvalue weighted by Gasteiger charge is -2.34. The van der Waals surface area contributed by atoms with Crippen molar-refractivity contribution in [3.63, 3.8) is 0 Å². The summed E-state index contributed by atoms with van der Waals surface area (Å²) < 4.78 is 0. The molecule has 75 heavy (non-hydrogen) atoms. The Labute approximate surface area is 438 Å². The number of hydrogen-bond donors (Lipinski definition) is 0. The van der Waals surface area contributed by atoms with Gasteiger partial charge in [0, 0.05) is 16.9 Å². The van der Waals surface area contributed by atoms with Gasteiger partial charge in [-0.25, -0.2) is 0 Å². The lowest BCUT2D eigenvalue weighted by atomic mass is 9.70. The topological polar surface area (TPSA) is 3.24 Å². The quantitative estimate of drug-likeness (QED) is 0.161. The third kappa shape index (κ3) is 5.67. The average molecular weight is 950 g/mol. The highest BCUT2D eigenvalue weighted by Gasteiger charge is 2.53. The van der Waals surface area contributed by atoms with Gasteiger partial charge in [-0.2, -0.15) is 0 Å². The van der Waals surface area contributed by atoms with Crippen molar-refractivity contribution in [1.82, 2.24) is 0 Å². The summed E-state index contributed by atoms with van der Waals surface area (Å²) in [7, 11) is 0. The summed E-state index contributed by atoms with van der Waals surface area (Å²) in [6.07, 6.45) is 0. The zero-order chi connectivity index (χ0) is 49.2. The molecule has 0 N–H and O–H groups in total. The Morgan fingerprint density at radius 3 is 0.907 bits per heavy atom. The molecule has 0 unspecified atom stereocenters. The molecule has 348 valence electrons. The molecule has 0 atom stereocenters. The van der Waals surface area contributed by atoms with Crippen LogP contribution in [0, 0.1) is 0 Å². The molecule has 0 radical (unpaired) electrons. The molecular weight excluding hydrogens is 903 g/mol. The molecule has 0 saturated carbocycles. The summed E-state index contributed by atoms with van der Waals surface area (Å²) in [6, 6.07) is 107. The van der Waals surface area contributed by atoms with E-state index in [0.29, 0.717) is 0 Å². The van der Waals surface area contributed by atoms with Crippen molar-refractivity contribution < 1.29 is 0 Å². The van der Waals surface area contributed by atoms with Crippen LogP contribution in [0.15, 0.2) is 285 Å². The largest absolute Gasteiger partial charge is 0.310 e. The lowest BCUT2D eigenvalue weighted by Crippen LogP contribution is -2.26. The molecule has 4 aliphatic rings. The first-order chi connectivity index (χ1) is 37.2. The van der Waals surface area contributed by atoms with Crippen molar-refractivity contribution in [2.75, 3.05) is 4.90 Å². The van der Waals surface area contributed by atoms with Gasteiger partial charge in [0.15, 0.2) is 0 Å². The molecule has 12 aromatic carbocycles. The van der Waals surface area contributed by atoms with Crippen molar-refractivity contribution >= 4 is 17.1 Å². The number of benzene rings is 12. The lowest BCUT2D eigenvalue weighted by molar-refractivity contribution is 0.792. The smallest absolute Gasteiger partial charge is 0.0726 e. The van der Waals surface area contributed by atoms with Gasteiger partial charge in [0.1, 0.15) is 0 Å². The van der Waals surface area contributed by atoms with Gasteiger partial charge in [-0.05, 0) is 147 Å². The summed E-state index contributed by atoms with van der Waals surface area (Å²) in [4.78, 5) is 2.58. The van der Waals surface area contributed by atoms with Crippen LogP contribution in [-0.4, -0.2) is 0 Å². The van der Waals surface area contributed by atoms with Crippen molar-refractivity contribution in [2.45, 2.75) is 10.8 Å². The molecule has 0 saturated heterocycles. The molecule has 0 heterocycles. The predicted octanol–water partition coefficient (Wildman–Crippen LogP) is 18.8. The van der Waals surface area contributed by atoms with Crippen LogP contribution in [0.2, 0.25) is 0 Å². The Morgan fingerprint density at radius 2 is 0.507 bits per heavy atom. The molecule has 2 spiro atoms. The Bertz CT molecular complexity index is 3980. The van der Waals surface area contributed by atoms with Gasteiger partial charge in [0.05, 0.1) is 16.5 Å². The Balaban J connectivity index is 0.992. The highest BCUT2D eigenvalue weighted by Crippen LogP contribution is 2.66. The molecule has 4 aliphatic carbocycles. The maximum absolute atomic E-state index is 2.58. The van der Waals surface area contributed by atoms with Gasteiger partial charge in [0.2, 0.25) is 0 Å². The van der Waals surface area contributed by atoms with Crippen LogP contribution in [0.3, 0.4) is 0 Å². The summed E-state index contributed by atoms with van der Waals surface area (Å²) in [5.74, 6) is 0. The Hall–Kier alpha value is -9.56. The summed E-state index contributed by atoms with van der Waals surface area (Å²) in [5.41, 5.74) is 30.4. The minimum Gasteiger partial charge on any atom is -0.310 e. The van der Waals surface area contributed by atoms with Crippen LogP contribution in [0.4, 0.5) is 17.1 Å². The van der Waals surface area contributed by atoms with Crippen molar-refractivity contribution in [1.29, 1.82) is 0 Å². The van der Waals surface area contributed by atoms with E-state index in [-0.39, 0.29) is 0 Å². The average Bonchev–Trinajstić information content (AvgIpc) is 4.20. The highest BCUT2D eigenvalue weighted by molar-refractivity contribution is 6.02. The summed E-state index contributed by atoms with van der Waals surface area (Å²) >= 11 is 0. The van der Waals surface area contributed by atoms with Gasteiger partial charge < -0.3 is 4.90 Å². The molecule has 0 aromatic heterocycles. The van der Waals surface area contributed by atoms with E-state index >= 15 is 0 Å². The normalized spacial score (nSPS) is 13.8. The fourth-order valence-electron chi connectivity index (χ4n) is 14.2. The van der Waals surface area contributed by atoms with E-state index in [9.17, 15) is 0 Å². The summed E-state index contributed by atoms with van der Waals surface area (Å²) in [6.45, 7) is 0.